The highest BCUT2D eigenvalue weighted by Crippen LogP contribution is 2.29. The van der Waals surface area contributed by atoms with Gasteiger partial charge in [-0.15, -0.1) is 11.8 Å². The van der Waals surface area contributed by atoms with Crippen LogP contribution in [0.3, 0.4) is 0 Å². The number of carbonyl (C=O) groups excluding carboxylic acids is 1. The lowest BCUT2D eigenvalue weighted by molar-refractivity contribution is 0.0693. The molecular formula is C20H23NO4S. The first-order valence-corrected chi connectivity index (χ1v) is 9.85. The van der Waals surface area contributed by atoms with Crippen molar-refractivity contribution in [2.75, 3.05) is 13.1 Å². The van der Waals surface area contributed by atoms with E-state index in [9.17, 15) is 14.7 Å². The normalized spacial score (nSPS) is 17.7. The van der Waals surface area contributed by atoms with Gasteiger partial charge in [-0.1, -0.05) is 25.5 Å². The second-order valence-electron chi connectivity index (χ2n) is 6.70. The summed E-state index contributed by atoms with van der Waals surface area (Å²) >= 11 is 1.43. The molecule has 5 nitrogen and oxygen atoms in total. The SMILES string of the molecule is CC1CCCCN(C(=O)c2ccccc2SCc2occc2C(=O)O)C1. The maximum atomic E-state index is 13.1. The van der Waals surface area contributed by atoms with E-state index in [4.69, 9.17) is 4.42 Å². The average molecular weight is 373 g/mol. The van der Waals surface area contributed by atoms with E-state index in [0.717, 1.165) is 37.2 Å². The molecule has 0 radical (unpaired) electrons. The molecule has 1 atom stereocenters. The highest BCUT2D eigenvalue weighted by molar-refractivity contribution is 7.98. The first-order valence-electron chi connectivity index (χ1n) is 8.87. The molecule has 1 unspecified atom stereocenters. The van der Waals surface area contributed by atoms with Crippen molar-refractivity contribution in [3.63, 3.8) is 0 Å². The van der Waals surface area contributed by atoms with Crippen LogP contribution in [-0.4, -0.2) is 35.0 Å². The third-order valence-electron chi connectivity index (χ3n) is 4.65. The third kappa shape index (κ3) is 4.30. The van der Waals surface area contributed by atoms with Gasteiger partial charge < -0.3 is 14.4 Å². The summed E-state index contributed by atoms with van der Waals surface area (Å²) in [6, 6.07) is 8.97. The van der Waals surface area contributed by atoms with E-state index in [0.29, 0.717) is 23.0 Å². The van der Waals surface area contributed by atoms with Gasteiger partial charge in [-0.3, -0.25) is 4.79 Å². The van der Waals surface area contributed by atoms with Gasteiger partial charge in [0.15, 0.2) is 0 Å². The monoisotopic (exact) mass is 373 g/mol. The van der Waals surface area contributed by atoms with Crippen LogP contribution in [0.4, 0.5) is 0 Å². The third-order valence-corrected chi connectivity index (χ3v) is 5.72. The number of rotatable bonds is 5. The smallest absolute Gasteiger partial charge is 0.339 e. The molecule has 1 saturated heterocycles. The zero-order chi connectivity index (χ0) is 18.5. The van der Waals surface area contributed by atoms with Gasteiger partial charge in [-0.25, -0.2) is 4.79 Å². The van der Waals surface area contributed by atoms with Crippen LogP contribution in [-0.2, 0) is 5.75 Å². The van der Waals surface area contributed by atoms with Crippen molar-refractivity contribution in [2.24, 2.45) is 5.92 Å². The summed E-state index contributed by atoms with van der Waals surface area (Å²) in [5, 5.41) is 9.19. The fourth-order valence-electron chi connectivity index (χ4n) is 3.26. The molecule has 1 amide bonds. The van der Waals surface area contributed by atoms with Crippen molar-refractivity contribution in [1.82, 2.24) is 4.90 Å². The average Bonchev–Trinajstić information content (AvgIpc) is 3.00. The van der Waals surface area contributed by atoms with Crippen LogP contribution in [0.1, 0.15) is 52.7 Å². The molecule has 26 heavy (non-hydrogen) atoms. The minimum absolute atomic E-state index is 0.0553. The van der Waals surface area contributed by atoms with Crippen molar-refractivity contribution >= 4 is 23.6 Å². The number of aromatic carboxylic acids is 1. The van der Waals surface area contributed by atoms with Crippen molar-refractivity contribution in [3.05, 3.63) is 53.5 Å². The van der Waals surface area contributed by atoms with Gasteiger partial charge in [0.2, 0.25) is 0 Å². The lowest BCUT2D eigenvalue weighted by Crippen LogP contribution is -2.34. The number of likely N-dealkylation sites (tertiary alicyclic amines) is 1. The van der Waals surface area contributed by atoms with Crippen LogP contribution in [0.25, 0.3) is 0 Å². The summed E-state index contributed by atoms with van der Waals surface area (Å²) in [7, 11) is 0. The molecule has 1 aromatic carbocycles. The number of carbonyl (C=O) groups is 2. The summed E-state index contributed by atoms with van der Waals surface area (Å²) in [4.78, 5) is 27.1. The second kappa shape index (κ2) is 8.45. The number of nitrogens with zero attached hydrogens (tertiary/aromatic N) is 1. The van der Waals surface area contributed by atoms with Gasteiger partial charge in [0.05, 0.1) is 17.6 Å². The van der Waals surface area contributed by atoms with Crippen LogP contribution < -0.4 is 0 Å². The molecule has 1 N–H and O–H groups in total. The highest BCUT2D eigenvalue weighted by atomic mass is 32.2. The lowest BCUT2D eigenvalue weighted by Gasteiger charge is -2.24. The number of hydrogen-bond donors (Lipinski definition) is 1. The van der Waals surface area contributed by atoms with E-state index >= 15 is 0 Å². The molecule has 6 heteroatoms. The minimum atomic E-state index is -1.00. The van der Waals surface area contributed by atoms with E-state index in [1.807, 2.05) is 29.2 Å². The number of carboxylic acids is 1. The number of hydrogen-bond acceptors (Lipinski definition) is 4. The first-order chi connectivity index (χ1) is 12.6. The zero-order valence-corrected chi connectivity index (χ0v) is 15.6. The number of amides is 1. The summed E-state index contributed by atoms with van der Waals surface area (Å²) in [6.45, 7) is 3.78. The first kappa shape index (κ1) is 18.6. The summed E-state index contributed by atoms with van der Waals surface area (Å²) < 4.78 is 5.30. The van der Waals surface area contributed by atoms with Crippen LogP contribution >= 0.6 is 11.8 Å². The Kier molecular flexibility index (Phi) is 6.04. The quantitative estimate of drug-likeness (QED) is 0.780. The van der Waals surface area contributed by atoms with Crippen molar-refractivity contribution in [1.29, 1.82) is 0 Å². The van der Waals surface area contributed by atoms with Crippen LogP contribution in [0, 0.1) is 5.92 Å². The number of furan rings is 1. The Morgan fingerprint density at radius 1 is 1.23 bits per heavy atom. The molecule has 0 saturated carbocycles. The number of benzene rings is 1. The lowest BCUT2D eigenvalue weighted by atomic mass is 10.1. The molecule has 1 aliphatic rings. The predicted molar refractivity (Wildman–Crippen MR) is 101 cm³/mol. The van der Waals surface area contributed by atoms with Gasteiger partial charge in [0.25, 0.3) is 5.91 Å². The van der Waals surface area contributed by atoms with Crippen LogP contribution in [0.2, 0.25) is 0 Å². The second-order valence-corrected chi connectivity index (χ2v) is 7.72. The maximum absolute atomic E-state index is 13.1. The Morgan fingerprint density at radius 2 is 2.04 bits per heavy atom. The van der Waals surface area contributed by atoms with Gasteiger partial charge in [-0.05, 0) is 37.0 Å². The largest absolute Gasteiger partial charge is 0.478 e. The van der Waals surface area contributed by atoms with Gasteiger partial charge in [0.1, 0.15) is 11.3 Å². The van der Waals surface area contributed by atoms with Crippen molar-refractivity contribution in [3.8, 4) is 0 Å². The molecule has 1 aliphatic heterocycles. The van der Waals surface area contributed by atoms with E-state index in [1.165, 1.54) is 24.1 Å². The number of carboxylic acid groups (broad SMARTS) is 1. The van der Waals surface area contributed by atoms with E-state index in [2.05, 4.69) is 6.92 Å². The summed E-state index contributed by atoms with van der Waals surface area (Å²) in [6.07, 6.45) is 4.75. The maximum Gasteiger partial charge on any atom is 0.339 e. The topological polar surface area (TPSA) is 70.8 Å². The molecule has 1 fully saturated rings. The molecule has 0 aliphatic carbocycles. The van der Waals surface area contributed by atoms with E-state index in [-0.39, 0.29) is 11.5 Å². The molecule has 0 bridgehead atoms. The number of thioether (sulfide) groups is 1. The minimum Gasteiger partial charge on any atom is -0.478 e. The van der Waals surface area contributed by atoms with Gasteiger partial charge in [0, 0.05) is 18.0 Å². The molecule has 3 rings (SSSR count). The Hall–Kier alpha value is -2.21. The zero-order valence-electron chi connectivity index (χ0n) is 14.8. The summed E-state index contributed by atoms with van der Waals surface area (Å²) in [5.74, 6) is 0.350. The Labute approximate surface area is 157 Å². The van der Waals surface area contributed by atoms with Crippen molar-refractivity contribution in [2.45, 2.75) is 36.8 Å². The molecule has 2 aromatic rings. The molecule has 0 spiro atoms. The van der Waals surface area contributed by atoms with Crippen molar-refractivity contribution < 1.29 is 19.1 Å². The Morgan fingerprint density at radius 3 is 2.85 bits per heavy atom. The fraction of sp³-hybridized carbons (Fsp3) is 0.400. The Balaban J connectivity index is 1.76. The fourth-order valence-corrected chi connectivity index (χ4v) is 4.26. The van der Waals surface area contributed by atoms with E-state index < -0.39 is 5.97 Å². The van der Waals surface area contributed by atoms with Crippen LogP contribution in [0.5, 0.6) is 0 Å². The van der Waals surface area contributed by atoms with Gasteiger partial charge in [-0.2, -0.15) is 0 Å². The Bertz CT molecular complexity index is 786. The molecule has 2 heterocycles. The molecule has 138 valence electrons. The van der Waals surface area contributed by atoms with E-state index in [1.54, 1.807) is 0 Å². The summed E-state index contributed by atoms with van der Waals surface area (Å²) in [5.41, 5.74) is 0.845. The molecular weight excluding hydrogens is 350 g/mol. The molecule has 1 aromatic heterocycles. The van der Waals surface area contributed by atoms with Crippen LogP contribution in [0.15, 0.2) is 45.9 Å². The predicted octanol–water partition coefficient (Wildman–Crippen LogP) is 4.53. The highest BCUT2D eigenvalue weighted by Gasteiger charge is 2.23. The standard InChI is InChI=1S/C20H23NO4S/c1-14-6-4-5-10-21(12-14)19(22)16-7-2-3-8-18(16)26-13-17-15(20(23)24)9-11-25-17/h2-3,7-9,11,14H,4-6,10,12-13H2,1H3,(H,23,24). The van der Waals surface area contributed by atoms with Gasteiger partial charge >= 0.3 is 5.97 Å².